The van der Waals surface area contributed by atoms with Crippen molar-refractivity contribution in [2.24, 2.45) is 5.10 Å². The van der Waals surface area contributed by atoms with Crippen LogP contribution in [0.2, 0.25) is 0 Å². The normalized spacial score (nSPS) is 14.2. The molecule has 1 aromatic carbocycles. The highest BCUT2D eigenvalue weighted by Gasteiger charge is 2.22. The monoisotopic (exact) mass is 310 g/mol. The average Bonchev–Trinajstić information content (AvgIpc) is 3.09. The number of fused-ring (bicyclic) bond motifs is 1. The van der Waals surface area contributed by atoms with Crippen molar-refractivity contribution in [2.45, 2.75) is 45.4 Å². The van der Waals surface area contributed by atoms with E-state index in [1.54, 1.807) is 6.21 Å². The van der Waals surface area contributed by atoms with Crippen molar-refractivity contribution in [1.29, 1.82) is 0 Å². The van der Waals surface area contributed by atoms with Crippen LogP contribution < -0.4 is 5.43 Å². The van der Waals surface area contributed by atoms with Crippen molar-refractivity contribution in [3.63, 3.8) is 0 Å². The van der Waals surface area contributed by atoms with Crippen LogP contribution in [0.3, 0.4) is 0 Å². The van der Waals surface area contributed by atoms with Crippen molar-refractivity contribution >= 4 is 12.1 Å². The molecule has 1 amide bonds. The number of nitrogens with zero attached hydrogens (tertiary/aromatic N) is 2. The fourth-order valence-electron chi connectivity index (χ4n) is 2.79. The summed E-state index contributed by atoms with van der Waals surface area (Å²) in [5, 5.41) is 11.1. The van der Waals surface area contributed by atoms with Gasteiger partial charge >= 0.3 is 0 Å². The van der Waals surface area contributed by atoms with Crippen molar-refractivity contribution < 1.29 is 4.79 Å². The van der Waals surface area contributed by atoms with E-state index in [2.05, 4.69) is 53.6 Å². The van der Waals surface area contributed by atoms with E-state index in [-0.39, 0.29) is 11.3 Å². The van der Waals surface area contributed by atoms with E-state index in [0.717, 1.165) is 36.1 Å². The van der Waals surface area contributed by atoms with Gasteiger partial charge in [0.25, 0.3) is 5.91 Å². The standard InChI is InChI=1S/C18H22N4O/c1-18(2,3)13-9-7-12(8-10-13)11-19-22-17(23)16-14-5-4-6-15(14)20-21-16/h7-11H,4-6H2,1-3H3,(H,20,21)(H,22,23). The van der Waals surface area contributed by atoms with E-state index < -0.39 is 0 Å². The van der Waals surface area contributed by atoms with Gasteiger partial charge in [-0.2, -0.15) is 10.2 Å². The molecule has 5 heteroatoms. The molecule has 1 aliphatic rings. The lowest BCUT2D eigenvalue weighted by molar-refractivity contribution is 0.0949. The Morgan fingerprint density at radius 2 is 2.00 bits per heavy atom. The maximum atomic E-state index is 12.1. The largest absolute Gasteiger partial charge is 0.292 e. The number of nitrogens with one attached hydrogen (secondary N) is 2. The molecule has 1 heterocycles. The fraction of sp³-hybridized carbons (Fsp3) is 0.389. The summed E-state index contributed by atoms with van der Waals surface area (Å²) in [6.07, 6.45) is 4.61. The molecule has 0 bridgehead atoms. The Kier molecular flexibility index (Phi) is 4.03. The summed E-state index contributed by atoms with van der Waals surface area (Å²) >= 11 is 0. The molecule has 23 heavy (non-hydrogen) atoms. The minimum Gasteiger partial charge on any atom is -0.281 e. The predicted molar refractivity (Wildman–Crippen MR) is 90.8 cm³/mol. The number of carbonyl (C=O) groups is 1. The molecular weight excluding hydrogens is 288 g/mol. The second-order valence-corrected chi connectivity index (χ2v) is 6.95. The van der Waals surface area contributed by atoms with Crippen molar-refractivity contribution in [3.05, 3.63) is 52.3 Å². The highest BCUT2D eigenvalue weighted by molar-refractivity contribution is 5.94. The Balaban J connectivity index is 1.63. The van der Waals surface area contributed by atoms with Gasteiger partial charge in [-0.3, -0.25) is 9.89 Å². The first kappa shape index (κ1) is 15.5. The van der Waals surface area contributed by atoms with Crippen molar-refractivity contribution in [2.75, 3.05) is 0 Å². The molecule has 0 unspecified atom stereocenters. The number of hydrogen-bond acceptors (Lipinski definition) is 3. The summed E-state index contributed by atoms with van der Waals surface area (Å²) in [5.74, 6) is -0.257. The van der Waals surface area contributed by atoms with Gasteiger partial charge in [0.2, 0.25) is 0 Å². The Morgan fingerprint density at radius 1 is 1.26 bits per heavy atom. The summed E-state index contributed by atoms with van der Waals surface area (Å²) in [6, 6.07) is 8.18. The van der Waals surface area contributed by atoms with Crippen LogP contribution in [-0.4, -0.2) is 22.3 Å². The number of aromatic amines is 1. The van der Waals surface area contributed by atoms with Crippen LogP contribution in [0.15, 0.2) is 29.4 Å². The van der Waals surface area contributed by atoms with Gasteiger partial charge in [-0.1, -0.05) is 45.0 Å². The molecule has 0 fully saturated rings. The quantitative estimate of drug-likeness (QED) is 0.676. The van der Waals surface area contributed by atoms with Gasteiger partial charge in [-0.15, -0.1) is 0 Å². The van der Waals surface area contributed by atoms with Gasteiger partial charge in [0.1, 0.15) is 0 Å². The lowest BCUT2D eigenvalue weighted by atomic mass is 9.87. The summed E-state index contributed by atoms with van der Waals surface area (Å²) in [5.41, 5.74) is 7.49. The SMILES string of the molecule is CC(C)(C)c1ccc(C=NNC(=O)c2n[nH]c3c2CCC3)cc1. The van der Waals surface area contributed by atoms with E-state index in [1.165, 1.54) is 5.56 Å². The molecule has 0 radical (unpaired) electrons. The van der Waals surface area contributed by atoms with Crippen LogP contribution in [-0.2, 0) is 18.3 Å². The van der Waals surface area contributed by atoms with E-state index in [1.807, 2.05) is 12.1 Å². The van der Waals surface area contributed by atoms with E-state index in [9.17, 15) is 4.79 Å². The molecule has 0 spiro atoms. The van der Waals surface area contributed by atoms with Gasteiger partial charge in [-0.25, -0.2) is 5.43 Å². The fourth-order valence-corrected chi connectivity index (χ4v) is 2.79. The summed E-state index contributed by atoms with van der Waals surface area (Å²) in [4.78, 5) is 12.1. The Bertz CT molecular complexity index is 735. The van der Waals surface area contributed by atoms with Crippen molar-refractivity contribution in [3.8, 4) is 0 Å². The Hall–Kier alpha value is -2.43. The second-order valence-electron chi connectivity index (χ2n) is 6.95. The number of benzene rings is 1. The van der Waals surface area contributed by atoms with Crippen molar-refractivity contribution in [1.82, 2.24) is 15.6 Å². The van der Waals surface area contributed by atoms with Gasteiger partial charge in [0.05, 0.1) is 6.21 Å². The smallest absolute Gasteiger partial charge is 0.281 e. The average molecular weight is 310 g/mol. The van der Waals surface area contributed by atoms with Gasteiger partial charge in [0, 0.05) is 11.3 Å². The first-order chi connectivity index (χ1) is 10.9. The third-order valence-electron chi connectivity index (χ3n) is 4.18. The maximum Gasteiger partial charge on any atom is 0.292 e. The first-order valence-corrected chi connectivity index (χ1v) is 7.95. The zero-order valence-corrected chi connectivity index (χ0v) is 13.8. The number of hydrazone groups is 1. The molecule has 1 aliphatic carbocycles. The lowest BCUT2D eigenvalue weighted by Gasteiger charge is -2.18. The summed E-state index contributed by atoms with van der Waals surface area (Å²) < 4.78 is 0. The minimum absolute atomic E-state index is 0.129. The number of carbonyl (C=O) groups excluding carboxylic acids is 1. The molecule has 1 aromatic heterocycles. The molecule has 0 aliphatic heterocycles. The topological polar surface area (TPSA) is 70.1 Å². The van der Waals surface area contributed by atoms with E-state index in [0.29, 0.717) is 5.69 Å². The van der Waals surface area contributed by atoms with Crippen LogP contribution in [0.25, 0.3) is 0 Å². The predicted octanol–water partition coefficient (Wildman–Crippen LogP) is 2.96. The number of amides is 1. The van der Waals surface area contributed by atoms with E-state index >= 15 is 0 Å². The van der Waals surface area contributed by atoms with Crippen LogP contribution in [0.5, 0.6) is 0 Å². The number of aromatic nitrogens is 2. The minimum atomic E-state index is -0.257. The third-order valence-corrected chi connectivity index (χ3v) is 4.18. The second kappa shape index (κ2) is 5.99. The molecular formula is C18H22N4O. The highest BCUT2D eigenvalue weighted by atomic mass is 16.2. The molecule has 0 saturated carbocycles. The molecule has 0 atom stereocenters. The van der Waals surface area contributed by atoms with Crippen LogP contribution in [0, 0.1) is 0 Å². The van der Waals surface area contributed by atoms with E-state index in [4.69, 9.17) is 0 Å². The molecule has 3 rings (SSSR count). The molecule has 5 nitrogen and oxygen atoms in total. The Morgan fingerprint density at radius 3 is 2.70 bits per heavy atom. The lowest BCUT2D eigenvalue weighted by Crippen LogP contribution is -2.19. The third kappa shape index (κ3) is 3.33. The van der Waals surface area contributed by atoms with Crippen LogP contribution in [0.1, 0.15) is 60.1 Å². The summed E-state index contributed by atoms with van der Waals surface area (Å²) in [7, 11) is 0. The zero-order valence-electron chi connectivity index (χ0n) is 13.8. The van der Waals surface area contributed by atoms with Gasteiger partial charge < -0.3 is 0 Å². The number of aryl methyl sites for hydroxylation is 1. The van der Waals surface area contributed by atoms with Gasteiger partial charge in [0.15, 0.2) is 5.69 Å². The zero-order chi connectivity index (χ0) is 16.4. The maximum absolute atomic E-state index is 12.1. The summed E-state index contributed by atoms with van der Waals surface area (Å²) in [6.45, 7) is 6.54. The van der Waals surface area contributed by atoms with Crippen LogP contribution >= 0.6 is 0 Å². The molecule has 2 N–H and O–H groups in total. The number of hydrogen-bond donors (Lipinski definition) is 2. The molecule has 120 valence electrons. The first-order valence-electron chi connectivity index (χ1n) is 7.95. The molecule has 2 aromatic rings. The Labute approximate surface area is 136 Å². The molecule has 0 saturated heterocycles. The van der Waals surface area contributed by atoms with Crippen LogP contribution in [0.4, 0.5) is 0 Å². The van der Waals surface area contributed by atoms with Gasteiger partial charge in [-0.05, 0) is 35.8 Å². The highest BCUT2D eigenvalue weighted by Crippen LogP contribution is 2.23. The number of H-pyrrole nitrogens is 1. The number of rotatable bonds is 3.